The molecule has 2 amide bonds. The van der Waals surface area contributed by atoms with Gasteiger partial charge in [-0.2, -0.15) is 0 Å². The fourth-order valence-corrected chi connectivity index (χ4v) is 3.20. The van der Waals surface area contributed by atoms with Crippen LogP contribution in [-0.2, 0) is 4.79 Å². The number of carboxylic acids is 1. The first-order chi connectivity index (χ1) is 10.0. The number of nitrogens with zero attached hydrogens (tertiary/aromatic N) is 1. The molecular weight excluding hydrogens is 268 g/mol. The molecule has 0 aromatic rings. The summed E-state index contributed by atoms with van der Waals surface area (Å²) in [7, 11) is 1.75. The maximum Gasteiger partial charge on any atom is 0.317 e. The molecule has 0 heterocycles. The van der Waals surface area contributed by atoms with Crippen LogP contribution in [0.2, 0.25) is 0 Å². The molecule has 1 saturated carbocycles. The number of nitrogens with one attached hydrogen (secondary N) is 1. The first-order valence-corrected chi connectivity index (χ1v) is 8.25. The van der Waals surface area contributed by atoms with Gasteiger partial charge in [-0.1, -0.05) is 45.4 Å². The Morgan fingerprint density at radius 1 is 1.14 bits per heavy atom. The van der Waals surface area contributed by atoms with Crippen LogP contribution in [0.25, 0.3) is 0 Å². The topological polar surface area (TPSA) is 69.6 Å². The quantitative estimate of drug-likeness (QED) is 0.675. The lowest BCUT2D eigenvalue weighted by molar-refractivity contribution is -0.140. The van der Waals surface area contributed by atoms with Gasteiger partial charge in [-0.05, 0) is 19.3 Å². The summed E-state index contributed by atoms with van der Waals surface area (Å²) in [6.07, 6.45) is 9.24. The molecule has 0 spiro atoms. The Bertz CT molecular complexity index is 338. The average molecular weight is 298 g/mol. The first kappa shape index (κ1) is 17.8. The summed E-state index contributed by atoms with van der Waals surface area (Å²) in [6.45, 7) is 2.83. The number of aliphatic carboxylic acids is 1. The maximum absolute atomic E-state index is 12.3. The van der Waals surface area contributed by atoms with Crippen molar-refractivity contribution >= 4 is 12.0 Å². The van der Waals surface area contributed by atoms with Crippen LogP contribution in [0.1, 0.15) is 71.1 Å². The summed E-state index contributed by atoms with van der Waals surface area (Å²) in [5, 5.41) is 12.1. The molecule has 5 heteroatoms. The van der Waals surface area contributed by atoms with E-state index in [1.807, 2.05) is 0 Å². The van der Waals surface area contributed by atoms with Gasteiger partial charge in [-0.15, -0.1) is 0 Å². The molecule has 1 rings (SSSR count). The molecule has 0 bridgehead atoms. The Labute approximate surface area is 128 Å². The van der Waals surface area contributed by atoms with Crippen LogP contribution in [0.4, 0.5) is 4.79 Å². The SMILES string of the molecule is CCCCCCNC(=O)N(C)C1(CC(=O)O)CCCCC1. The number of rotatable bonds is 8. The zero-order valence-electron chi connectivity index (χ0n) is 13.5. The summed E-state index contributed by atoms with van der Waals surface area (Å²) < 4.78 is 0. The van der Waals surface area contributed by atoms with E-state index in [0.717, 1.165) is 44.9 Å². The van der Waals surface area contributed by atoms with E-state index in [-0.39, 0.29) is 12.5 Å². The fourth-order valence-electron chi connectivity index (χ4n) is 3.20. The second-order valence-electron chi connectivity index (χ2n) is 6.21. The van der Waals surface area contributed by atoms with E-state index in [1.54, 1.807) is 11.9 Å². The molecule has 0 unspecified atom stereocenters. The lowest BCUT2D eigenvalue weighted by atomic mass is 9.78. The third-order valence-corrected chi connectivity index (χ3v) is 4.59. The Balaban J connectivity index is 2.52. The minimum absolute atomic E-state index is 0.0484. The van der Waals surface area contributed by atoms with Crippen molar-refractivity contribution < 1.29 is 14.7 Å². The number of carboxylic acid groups (broad SMARTS) is 1. The third-order valence-electron chi connectivity index (χ3n) is 4.59. The second-order valence-corrected chi connectivity index (χ2v) is 6.21. The van der Waals surface area contributed by atoms with Crippen LogP contribution in [0.15, 0.2) is 0 Å². The average Bonchev–Trinajstić information content (AvgIpc) is 2.46. The van der Waals surface area contributed by atoms with Crippen molar-refractivity contribution in [3.63, 3.8) is 0 Å². The van der Waals surface area contributed by atoms with Crippen molar-refractivity contribution in [2.24, 2.45) is 0 Å². The summed E-state index contributed by atoms with van der Waals surface area (Å²) >= 11 is 0. The molecule has 5 nitrogen and oxygen atoms in total. The van der Waals surface area contributed by atoms with Gasteiger partial charge in [0, 0.05) is 13.6 Å². The summed E-state index contributed by atoms with van der Waals surface area (Å²) in [5.74, 6) is -0.820. The molecular formula is C16H30N2O3. The Kier molecular flexibility index (Phi) is 7.54. The van der Waals surface area contributed by atoms with Crippen molar-refractivity contribution in [3.8, 4) is 0 Å². The van der Waals surface area contributed by atoms with Gasteiger partial charge in [-0.25, -0.2) is 4.79 Å². The zero-order chi connectivity index (χ0) is 15.7. The minimum atomic E-state index is -0.820. The number of carbonyl (C=O) groups is 2. The first-order valence-electron chi connectivity index (χ1n) is 8.25. The molecule has 2 N–H and O–H groups in total. The van der Waals surface area contributed by atoms with Crippen molar-refractivity contribution in [1.29, 1.82) is 0 Å². The number of amides is 2. The lowest BCUT2D eigenvalue weighted by Crippen LogP contribution is -2.55. The van der Waals surface area contributed by atoms with Crippen LogP contribution in [0.5, 0.6) is 0 Å². The molecule has 1 aliphatic rings. The maximum atomic E-state index is 12.3. The van der Waals surface area contributed by atoms with Crippen LogP contribution >= 0.6 is 0 Å². The van der Waals surface area contributed by atoms with E-state index in [0.29, 0.717) is 6.54 Å². The van der Waals surface area contributed by atoms with Gasteiger partial charge in [0.2, 0.25) is 0 Å². The van der Waals surface area contributed by atoms with E-state index in [1.165, 1.54) is 12.8 Å². The number of unbranched alkanes of at least 4 members (excludes halogenated alkanes) is 3. The van der Waals surface area contributed by atoms with Gasteiger partial charge in [0.25, 0.3) is 0 Å². The molecule has 1 fully saturated rings. The molecule has 0 atom stereocenters. The van der Waals surface area contributed by atoms with Crippen LogP contribution in [-0.4, -0.2) is 41.1 Å². The third kappa shape index (κ3) is 5.56. The molecule has 0 aromatic carbocycles. The van der Waals surface area contributed by atoms with Gasteiger partial charge in [0.05, 0.1) is 12.0 Å². The smallest absolute Gasteiger partial charge is 0.317 e. The summed E-state index contributed by atoms with van der Waals surface area (Å²) in [5.41, 5.74) is -0.502. The van der Waals surface area contributed by atoms with Crippen molar-refractivity contribution in [3.05, 3.63) is 0 Å². The monoisotopic (exact) mass is 298 g/mol. The van der Waals surface area contributed by atoms with Crippen molar-refractivity contribution in [2.75, 3.05) is 13.6 Å². The van der Waals surface area contributed by atoms with E-state index in [9.17, 15) is 14.7 Å². The van der Waals surface area contributed by atoms with E-state index in [4.69, 9.17) is 0 Å². The summed E-state index contributed by atoms with van der Waals surface area (Å²) in [4.78, 5) is 25.1. The molecule has 0 aliphatic heterocycles. The molecule has 122 valence electrons. The highest BCUT2D eigenvalue weighted by Gasteiger charge is 2.40. The lowest BCUT2D eigenvalue weighted by Gasteiger charge is -2.43. The number of urea groups is 1. The molecule has 0 radical (unpaired) electrons. The van der Waals surface area contributed by atoms with Gasteiger partial charge in [-0.3, -0.25) is 4.79 Å². The van der Waals surface area contributed by atoms with Crippen LogP contribution in [0.3, 0.4) is 0 Å². The largest absolute Gasteiger partial charge is 0.481 e. The fraction of sp³-hybridized carbons (Fsp3) is 0.875. The predicted octanol–water partition coefficient (Wildman–Crippen LogP) is 3.39. The summed E-state index contributed by atoms with van der Waals surface area (Å²) in [6, 6.07) is -0.130. The van der Waals surface area contributed by atoms with E-state index < -0.39 is 11.5 Å². The van der Waals surface area contributed by atoms with Crippen molar-refractivity contribution in [1.82, 2.24) is 10.2 Å². The van der Waals surface area contributed by atoms with Gasteiger partial charge in [0.1, 0.15) is 0 Å². The molecule has 0 saturated heterocycles. The number of carbonyl (C=O) groups excluding carboxylic acids is 1. The van der Waals surface area contributed by atoms with E-state index >= 15 is 0 Å². The number of hydrogen-bond donors (Lipinski definition) is 2. The van der Waals surface area contributed by atoms with Gasteiger partial charge in [0.15, 0.2) is 0 Å². The zero-order valence-corrected chi connectivity index (χ0v) is 13.5. The standard InChI is InChI=1S/C16H30N2O3/c1-3-4-5-9-12-17-15(21)18(2)16(13-14(19)20)10-7-6-8-11-16/h3-13H2,1-2H3,(H,17,21)(H,19,20). The predicted molar refractivity (Wildman–Crippen MR) is 83.4 cm³/mol. The Morgan fingerprint density at radius 3 is 2.38 bits per heavy atom. The van der Waals surface area contributed by atoms with Crippen molar-refractivity contribution in [2.45, 2.75) is 76.7 Å². The van der Waals surface area contributed by atoms with E-state index in [2.05, 4.69) is 12.2 Å². The number of hydrogen-bond acceptors (Lipinski definition) is 2. The van der Waals surface area contributed by atoms with Gasteiger partial charge >= 0.3 is 12.0 Å². The molecule has 1 aliphatic carbocycles. The van der Waals surface area contributed by atoms with Crippen LogP contribution in [0, 0.1) is 0 Å². The highest BCUT2D eigenvalue weighted by atomic mass is 16.4. The van der Waals surface area contributed by atoms with Gasteiger partial charge < -0.3 is 15.3 Å². The normalized spacial score (nSPS) is 17.2. The second kappa shape index (κ2) is 8.90. The Hall–Kier alpha value is -1.26. The molecule has 21 heavy (non-hydrogen) atoms. The highest BCUT2D eigenvalue weighted by molar-refractivity contribution is 5.76. The Morgan fingerprint density at radius 2 is 1.81 bits per heavy atom. The highest BCUT2D eigenvalue weighted by Crippen LogP contribution is 2.35. The minimum Gasteiger partial charge on any atom is -0.481 e. The molecule has 0 aromatic heterocycles. The van der Waals surface area contributed by atoms with Crippen LogP contribution < -0.4 is 5.32 Å².